The van der Waals surface area contributed by atoms with Gasteiger partial charge in [0.05, 0.1) is 23.8 Å². The summed E-state index contributed by atoms with van der Waals surface area (Å²) in [5.74, 6) is -1.86. The Kier molecular flexibility index (Phi) is 8.80. The minimum absolute atomic E-state index is 0.00174. The number of esters is 1. The molecule has 2 aromatic carbocycles. The normalized spacial score (nSPS) is 10.6. The molecule has 10 heteroatoms. The summed E-state index contributed by atoms with van der Waals surface area (Å²) in [6.07, 6.45) is 1.34. The Hall–Kier alpha value is -3.84. The van der Waals surface area contributed by atoms with Gasteiger partial charge in [-0.3, -0.25) is 4.79 Å². The van der Waals surface area contributed by atoms with Crippen LogP contribution < -0.4 is 14.8 Å². The zero-order valence-electron chi connectivity index (χ0n) is 17.2. The van der Waals surface area contributed by atoms with Gasteiger partial charge in [-0.15, -0.1) is 0 Å². The molecule has 0 heterocycles. The van der Waals surface area contributed by atoms with Gasteiger partial charge in [-0.25, -0.2) is 9.59 Å². The number of carboxylic acids is 1. The van der Waals surface area contributed by atoms with Crippen LogP contribution >= 0.6 is 15.9 Å². The van der Waals surface area contributed by atoms with E-state index in [1.165, 1.54) is 37.5 Å². The first-order chi connectivity index (χ1) is 15.3. The summed E-state index contributed by atoms with van der Waals surface area (Å²) in [5, 5.41) is 21.0. The van der Waals surface area contributed by atoms with Gasteiger partial charge in [-0.2, -0.15) is 5.26 Å². The molecular weight excluding hydrogens is 484 g/mol. The molecule has 2 rings (SSSR count). The van der Waals surface area contributed by atoms with Crippen LogP contribution in [0.5, 0.6) is 11.5 Å². The Morgan fingerprint density at radius 1 is 1.22 bits per heavy atom. The predicted octanol–water partition coefficient (Wildman–Crippen LogP) is 3.64. The molecule has 0 aromatic heterocycles. The molecule has 0 aliphatic carbocycles. The fourth-order valence-electron chi connectivity index (χ4n) is 2.51. The van der Waals surface area contributed by atoms with Gasteiger partial charge in [-0.1, -0.05) is 6.07 Å². The lowest BCUT2D eigenvalue weighted by Gasteiger charge is -2.14. The van der Waals surface area contributed by atoms with Crippen LogP contribution in [0.25, 0.3) is 6.08 Å². The highest BCUT2D eigenvalue weighted by atomic mass is 79.9. The molecule has 2 N–H and O–H groups in total. The maximum absolute atomic E-state index is 12.5. The number of carboxylic acid groups (broad SMARTS) is 1. The minimum Gasteiger partial charge on any atom is -0.490 e. The van der Waals surface area contributed by atoms with Crippen LogP contribution in [0.4, 0.5) is 5.69 Å². The SMILES string of the molecule is CCOc1cc(/C=C(/C#N)C(=O)Nc2cccc(C(=O)O)c2)cc(Br)c1OCC(=O)OC. The van der Waals surface area contributed by atoms with Crippen LogP contribution in [0, 0.1) is 11.3 Å². The van der Waals surface area contributed by atoms with Crippen molar-refractivity contribution in [3.8, 4) is 17.6 Å². The highest BCUT2D eigenvalue weighted by Gasteiger charge is 2.16. The van der Waals surface area contributed by atoms with Crippen LogP contribution in [0.1, 0.15) is 22.8 Å². The molecule has 0 saturated carbocycles. The summed E-state index contributed by atoms with van der Waals surface area (Å²) < 4.78 is 16.0. The molecule has 0 fully saturated rings. The largest absolute Gasteiger partial charge is 0.490 e. The molecule has 166 valence electrons. The summed E-state index contributed by atoms with van der Waals surface area (Å²) in [5.41, 5.74) is 0.469. The van der Waals surface area contributed by atoms with Crippen LogP contribution in [0.3, 0.4) is 0 Å². The smallest absolute Gasteiger partial charge is 0.343 e. The fourth-order valence-corrected chi connectivity index (χ4v) is 3.08. The van der Waals surface area contributed by atoms with Gasteiger partial charge in [0.25, 0.3) is 5.91 Å². The van der Waals surface area contributed by atoms with E-state index in [9.17, 15) is 19.6 Å². The summed E-state index contributed by atoms with van der Waals surface area (Å²) in [6, 6.07) is 10.6. The number of ether oxygens (including phenoxy) is 3. The molecule has 1 amide bonds. The molecule has 0 saturated heterocycles. The number of aromatic carboxylic acids is 1. The third kappa shape index (κ3) is 6.58. The Balaban J connectivity index is 2.32. The number of rotatable bonds is 9. The lowest BCUT2D eigenvalue weighted by atomic mass is 10.1. The van der Waals surface area contributed by atoms with E-state index in [2.05, 4.69) is 26.0 Å². The van der Waals surface area contributed by atoms with E-state index in [0.29, 0.717) is 22.4 Å². The highest BCUT2D eigenvalue weighted by molar-refractivity contribution is 9.10. The second-order valence-corrected chi connectivity index (χ2v) is 6.99. The van der Waals surface area contributed by atoms with Crippen molar-refractivity contribution in [2.45, 2.75) is 6.92 Å². The Morgan fingerprint density at radius 3 is 2.59 bits per heavy atom. The number of nitrogens with one attached hydrogen (secondary N) is 1. The van der Waals surface area contributed by atoms with Crippen molar-refractivity contribution >= 4 is 45.5 Å². The standard InChI is InChI=1S/C22H19BrN2O7/c1-3-31-18-9-13(8-17(23)20(18)32-12-19(26)30-2)7-15(11-24)21(27)25-16-6-4-5-14(10-16)22(28)29/h4-10H,3,12H2,1-2H3,(H,25,27)(H,28,29)/b15-7-. The Bertz CT molecular complexity index is 1110. The second-order valence-electron chi connectivity index (χ2n) is 6.14. The number of halogens is 1. The van der Waals surface area contributed by atoms with Gasteiger partial charge in [0.2, 0.25) is 0 Å². The van der Waals surface area contributed by atoms with Crippen molar-refractivity contribution < 1.29 is 33.7 Å². The molecular formula is C22H19BrN2O7. The average molecular weight is 503 g/mol. The summed E-state index contributed by atoms with van der Waals surface area (Å²) >= 11 is 3.34. The third-order valence-corrected chi connectivity index (χ3v) is 4.53. The number of anilines is 1. The molecule has 9 nitrogen and oxygen atoms in total. The molecule has 32 heavy (non-hydrogen) atoms. The topological polar surface area (TPSA) is 135 Å². The molecule has 0 radical (unpaired) electrons. The summed E-state index contributed by atoms with van der Waals surface area (Å²) in [4.78, 5) is 35.0. The minimum atomic E-state index is -1.14. The first-order valence-corrected chi connectivity index (χ1v) is 10.0. The molecule has 0 aliphatic heterocycles. The number of hydrogen-bond acceptors (Lipinski definition) is 7. The van der Waals surface area contributed by atoms with Crippen LogP contribution in [0.2, 0.25) is 0 Å². The summed E-state index contributed by atoms with van der Waals surface area (Å²) in [7, 11) is 1.24. The first kappa shape index (κ1) is 24.4. The maximum atomic E-state index is 12.5. The van der Waals surface area contributed by atoms with Crippen molar-refractivity contribution in [1.29, 1.82) is 5.26 Å². The van der Waals surface area contributed by atoms with E-state index in [1.54, 1.807) is 19.1 Å². The molecule has 0 spiro atoms. The quantitative estimate of drug-likeness (QED) is 0.301. The molecule has 0 aliphatic rings. The van der Waals surface area contributed by atoms with Gasteiger partial charge < -0.3 is 24.6 Å². The number of nitriles is 1. The number of hydrogen-bond donors (Lipinski definition) is 2. The first-order valence-electron chi connectivity index (χ1n) is 9.21. The van der Waals surface area contributed by atoms with Crippen molar-refractivity contribution in [2.24, 2.45) is 0 Å². The van der Waals surface area contributed by atoms with E-state index in [-0.39, 0.29) is 29.2 Å². The Morgan fingerprint density at radius 2 is 1.97 bits per heavy atom. The van der Waals surface area contributed by atoms with Crippen molar-refractivity contribution in [1.82, 2.24) is 0 Å². The number of carbonyl (C=O) groups is 3. The van der Waals surface area contributed by atoms with Gasteiger partial charge in [0.15, 0.2) is 18.1 Å². The van der Waals surface area contributed by atoms with E-state index < -0.39 is 17.8 Å². The van der Waals surface area contributed by atoms with E-state index in [1.807, 2.05) is 6.07 Å². The Labute approximate surface area is 192 Å². The predicted molar refractivity (Wildman–Crippen MR) is 118 cm³/mol. The zero-order valence-corrected chi connectivity index (χ0v) is 18.8. The zero-order chi connectivity index (χ0) is 23.7. The second kappa shape index (κ2) is 11.5. The number of methoxy groups -OCH3 is 1. The van der Waals surface area contributed by atoms with Crippen LogP contribution in [-0.2, 0) is 14.3 Å². The average Bonchev–Trinajstić information content (AvgIpc) is 2.76. The molecule has 0 unspecified atom stereocenters. The van der Waals surface area contributed by atoms with Crippen LogP contribution in [0.15, 0.2) is 46.4 Å². The van der Waals surface area contributed by atoms with Crippen molar-refractivity contribution in [3.05, 3.63) is 57.6 Å². The fraction of sp³-hybridized carbons (Fsp3) is 0.182. The van der Waals surface area contributed by atoms with E-state index in [0.717, 1.165) is 0 Å². The highest BCUT2D eigenvalue weighted by Crippen LogP contribution is 2.37. The molecule has 0 atom stereocenters. The van der Waals surface area contributed by atoms with Gasteiger partial charge in [0.1, 0.15) is 11.6 Å². The molecule has 2 aromatic rings. The van der Waals surface area contributed by atoms with Crippen LogP contribution in [-0.4, -0.2) is 43.3 Å². The lowest BCUT2D eigenvalue weighted by molar-refractivity contribution is -0.143. The van der Waals surface area contributed by atoms with Gasteiger partial charge >= 0.3 is 11.9 Å². The van der Waals surface area contributed by atoms with Gasteiger partial charge in [0, 0.05) is 5.69 Å². The molecule has 0 bridgehead atoms. The number of nitrogens with zero attached hydrogens (tertiary/aromatic N) is 1. The summed E-state index contributed by atoms with van der Waals surface area (Å²) in [6.45, 7) is 1.74. The number of carbonyl (C=O) groups excluding carboxylic acids is 2. The van der Waals surface area contributed by atoms with Crippen molar-refractivity contribution in [3.63, 3.8) is 0 Å². The maximum Gasteiger partial charge on any atom is 0.343 e. The van der Waals surface area contributed by atoms with Crippen molar-refractivity contribution in [2.75, 3.05) is 25.6 Å². The lowest BCUT2D eigenvalue weighted by Crippen LogP contribution is -2.14. The monoisotopic (exact) mass is 502 g/mol. The number of benzene rings is 2. The van der Waals surface area contributed by atoms with Gasteiger partial charge in [-0.05, 0) is 64.8 Å². The van der Waals surface area contributed by atoms with E-state index in [4.69, 9.17) is 14.6 Å². The van der Waals surface area contributed by atoms with E-state index >= 15 is 0 Å². The third-order valence-electron chi connectivity index (χ3n) is 3.94. The number of amides is 1.